The predicted molar refractivity (Wildman–Crippen MR) is 69.5 cm³/mol. The van der Waals surface area contributed by atoms with Crippen molar-refractivity contribution in [3.63, 3.8) is 0 Å². The van der Waals surface area contributed by atoms with E-state index in [0.29, 0.717) is 16.5 Å². The fourth-order valence-corrected chi connectivity index (χ4v) is 4.06. The molecule has 0 amide bonds. The van der Waals surface area contributed by atoms with Crippen LogP contribution in [0.15, 0.2) is 0 Å². The molecule has 0 spiro atoms. The van der Waals surface area contributed by atoms with Crippen LogP contribution in [0.4, 0.5) is 0 Å². The average molecular weight is 238 g/mol. The van der Waals surface area contributed by atoms with Gasteiger partial charge in [0.25, 0.3) is 0 Å². The standard InChI is InChI=1S/C13H22N2S/c1-10(2)16-12-4-3-7-13(8-12,9-14)15-11-5-6-11/h10-12,15H,3-8H2,1-2H3. The Balaban J connectivity index is 1.94. The minimum absolute atomic E-state index is 0.202. The van der Waals surface area contributed by atoms with Crippen molar-refractivity contribution in [1.29, 1.82) is 5.26 Å². The normalized spacial score (nSPS) is 35.0. The SMILES string of the molecule is CC(C)SC1CCCC(C#N)(NC2CC2)C1. The molecule has 2 atom stereocenters. The molecule has 3 heteroatoms. The van der Waals surface area contributed by atoms with Gasteiger partial charge in [-0.3, -0.25) is 5.32 Å². The molecule has 0 aromatic rings. The van der Waals surface area contributed by atoms with Crippen LogP contribution in [0.3, 0.4) is 0 Å². The van der Waals surface area contributed by atoms with Crippen molar-refractivity contribution >= 4 is 11.8 Å². The third kappa shape index (κ3) is 3.15. The van der Waals surface area contributed by atoms with Crippen molar-refractivity contribution in [1.82, 2.24) is 5.32 Å². The summed E-state index contributed by atoms with van der Waals surface area (Å²) < 4.78 is 0. The van der Waals surface area contributed by atoms with Crippen LogP contribution < -0.4 is 5.32 Å². The van der Waals surface area contributed by atoms with Gasteiger partial charge in [-0.05, 0) is 43.8 Å². The van der Waals surface area contributed by atoms with Gasteiger partial charge in [-0.25, -0.2) is 0 Å². The Morgan fingerprint density at radius 3 is 2.69 bits per heavy atom. The highest BCUT2D eigenvalue weighted by molar-refractivity contribution is 8.00. The summed E-state index contributed by atoms with van der Waals surface area (Å²) in [7, 11) is 0. The first-order valence-electron chi connectivity index (χ1n) is 6.48. The Labute approximate surface area is 103 Å². The van der Waals surface area contributed by atoms with Crippen LogP contribution in [0.1, 0.15) is 52.4 Å². The van der Waals surface area contributed by atoms with E-state index in [0.717, 1.165) is 12.8 Å². The van der Waals surface area contributed by atoms with Crippen molar-refractivity contribution < 1.29 is 0 Å². The average Bonchev–Trinajstić information content (AvgIpc) is 3.01. The van der Waals surface area contributed by atoms with E-state index in [-0.39, 0.29) is 5.54 Å². The lowest BCUT2D eigenvalue weighted by molar-refractivity contribution is 0.301. The van der Waals surface area contributed by atoms with Gasteiger partial charge in [0, 0.05) is 11.3 Å². The molecule has 0 aromatic heterocycles. The number of rotatable bonds is 4. The van der Waals surface area contributed by atoms with Crippen molar-refractivity contribution in [2.45, 2.75) is 74.5 Å². The summed E-state index contributed by atoms with van der Waals surface area (Å²) >= 11 is 2.05. The molecular formula is C13H22N2S. The van der Waals surface area contributed by atoms with Crippen LogP contribution in [0, 0.1) is 11.3 Å². The number of nitrogens with zero attached hydrogens (tertiary/aromatic N) is 1. The van der Waals surface area contributed by atoms with E-state index in [9.17, 15) is 5.26 Å². The van der Waals surface area contributed by atoms with E-state index in [2.05, 4.69) is 25.2 Å². The molecule has 2 saturated carbocycles. The molecule has 90 valence electrons. The molecule has 2 nitrogen and oxygen atoms in total. The Hall–Kier alpha value is -0.200. The summed E-state index contributed by atoms with van der Waals surface area (Å²) in [5, 5.41) is 14.4. The first-order valence-corrected chi connectivity index (χ1v) is 7.42. The number of hydrogen-bond donors (Lipinski definition) is 1. The number of nitrogens with one attached hydrogen (secondary N) is 1. The molecular weight excluding hydrogens is 216 g/mol. The fraction of sp³-hybridized carbons (Fsp3) is 0.923. The predicted octanol–water partition coefficient (Wildman–Crippen LogP) is 3.08. The van der Waals surface area contributed by atoms with Gasteiger partial charge in [0.1, 0.15) is 5.54 Å². The molecule has 0 heterocycles. The Bertz CT molecular complexity index is 280. The lowest BCUT2D eigenvalue weighted by Gasteiger charge is -2.37. The van der Waals surface area contributed by atoms with Gasteiger partial charge in [0.2, 0.25) is 0 Å². The maximum Gasteiger partial charge on any atom is 0.108 e. The van der Waals surface area contributed by atoms with Gasteiger partial charge in [0.15, 0.2) is 0 Å². The minimum Gasteiger partial charge on any atom is -0.297 e. The van der Waals surface area contributed by atoms with Crippen LogP contribution in [-0.2, 0) is 0 Å². The number of nitriles is 1. The third-order valence-corrected chi connectivity index (χ3v) is 4.77. The quantitative estimate of drug-likeness (QED) is 0.817. The van der Waals surface area contributed by atoms with Crippen molar-refractivity contribution in [2.24, 2.45) is 0 Å². The van der Waals surface area contributed by atoms with E-state index < -0.39 is 0 Å². The summed E-state index contributed by atoms with van der Waals surface area (Å²) in [6, 6.07) is 3.21. The number of thioether (sulfide) groups is 1. The molecule has 0 saturated heterocycles. The summed E-state index contributed by atoms with van der Waals surface area (Å²) in [5.41, 5.74) is -0.202. The van der Waals surface area contributed by atoms with Gasteiger partial charge in [-0.15, -0.1) is 0 Å². The Kier molecular flexibility index (Phi) is 3.81. The Morgan fingerprint density at radius 2 is 2.12 bits per heavy atom. The first kappa shape index (κ1) is 12.3. The van der Waals surface area contributed by atoms with E-state index in [1.807, 2.05) is 11.8 Å². The molecule has 1 N–H and O–H groups in total. The molecule has 0 bridgehead atoms. The maximum absolute atomic E-state index is 9.45. The monoisotopic (exact) mass is 238 g/mol. The molecule has 0 aliphatic heterocycles. The van der Waals surface area contributed by atoms with Crippen LogP contribution >= 0.6 is 11.8 Å². The summed E-state index contributed by atoms with van der Waals surface area (Å²) in [5.74, 6) is 0. The lowest BCUT2D eigenvalue weighted by atomic mass is 9.82. The van der Waals surface area contributed by atoms with Crippen molar-refractivity contribution in [3.8, 4) is 6.07 Å². The highest BCUT2D eigenvalue weighted by Crippen LogP contribution is 2.38. The summed E-state index contributed by atoms with van der Waals surface area (Å²) in [6.07, 6.45) is 7.13. The Morgan fingerprint density at radius 1 is 1.38 bits per heavy atom. The van der Waals surface area contributed by atoms with Crippen molar-refractivity contribution in [3.05, 3.63) is 0 Å². The molecule has 2 aliphatic carbocycles. The molecule has 0 aromatic carbocycles. The molecule has 16 heavy (non-hydrogen) atoms. The topological polar surface area (TPSA) is 35.8 Å². The van der Waals surface area contributed by atoms with Gasteiger partial charge in [-0.2, -0.15) is 17.0 Å². The van der Waals surface area contributed by atoms with Gasteiger partial charge in [-0.1, -0.05) is 13.8 Å². The smallest absolute Gasteiger partial charge is 0.108 e. The first-order chi connectivity index (χ1) is 7.63. The van der Waals surface area contributed by atoms with E-state index in [4.69, 9.17) is 0 Å². The summed E-state index contributed by atoms with van der Waals surface area (Å²) in [6.45, 7) is 4.50. The third-order valence-electron chi connectivity index (χ3n) is 3.44. The van der Waals surface area contributed by atoms with Gasteiger partial charge in [0.05, 0.1) is 6.07 Å². The molecule has 2 unspecified atom stereocenters. The zero-order valence-electron chi connectivity index (χ0n) is 10.3. The second-order valence-corrected chi connectivity index (χ2v) is 7.40. The minimum atomic E-state index is -0.202. The summed E-state index contributed by atoms with van der Waals surface area (Å²) in [4.78, 5) is 0. The molecule has 2 fully saturated rings. The zero-order valence-corrected chi connectivity index (χ0v) is 11.1. The zero-order chi connectivity index (χ0) is 11.6. The van der Waals surface area contributed by atoms with Gasteiger partial charge < -0.3 is 0 Å². The van der Waals surface area contributed by atoms with Crippen LogP contribution in [0.2, 0.25) is 0 Å². The second-order valence-electron chi connectivity index (χ2n) is 5.52. The van der Waals surface area contributed by atoms with Crippen LogP contribution in [0.25, 0.3) is 0 Å². The van der Waals surface area contributed by atoms with E-state index in [1.54, 1.807) is 0 Å². The maximum atomic E-state index is 9.45. The molecule has 2 aliphatic rings. The van der Waals surface area contributed by atoms with Crippen LogP contribution in [-0.4, -0.2) is 22.1 Å². The van der Waals surface area contributed by atoms with E-state index >= 15 is 0 Å². The molecule has 0 radical (unpaired) electrons. The second kappa shape index (κ2) is 4.98. The highest BCUT2D eigenvalue weighted by Gasteiger charge is 2.40. The van der Waals surface area contributed by atoms with Crippen LogP contribution in [0.5, 0.6) is 0 Å². The largest absolute Gasteiger partial charge is 0.297 e. The highest BCUT2D eigenvalue weighted by atomic mass is 32.2. The fourth-order valence-electron chi connectivity index (χ4n) is 2.61. The van der Waals surface area contributed by atoms with E-state index in [1.165, 1.54) is 25.7 Å². The molecule has 2 rings (SSSR count). The number of hydrogen-bond acceptors (Lipinski definition) is 3. The van der Waals surface area contributed by atoms with Crippen molar-refractivity contribution in [2.75, 3.05) is 0 Å². The lowest BCUT2D eigenvalue weighted by Crippen LogP contribution is -2.49. The van der Waals surface area contributed by atoms with Gasteiger partial charge >= 0.3 is 0 Å².